The Kier molecular flexibility index (Phi) is 2.81. The second kappa shape index (κ2) is 3.54. The Hall–Kier alpha value is -0.760. The first-order valence-electron chi connectivity index (χ1n) is 3.07. The Labute approximate surface area is 79.0 Å². The second-order valence-corrected chi connectivity index (χ2v) is 4.24. The third kappa shape index (κ3) is 2.34. The molecule has 0 fully saturated rings. The van der Waals surface area contributed by atoms with Crippen LogP contribution in [0.3, 0.4) is 0 Å². The highest BCUT2D eigenvalue weighted by Gasteiger charge is 2.15. The smallest absolute Gasteiger partial charge is 0.298 e. The van der Waals surface area contributed by atoms with Crippen molar-refractivity contribution in [2.75, 3.05) is 0 Å². The Morgan fingerprint density at radius 2 is 1.92 bits per heavy atom. The van der Waals surface area contributed by atoms with Crippen LogP contribution in [0.25, 0.3) is 0 Å². The van der Waals surface area contributed by atoms with Crippen LogP contribution in [-0.2, 0) is 10.1 Å². The van der Waals surface area contributed by atoms with Gasteiger partial charge in [-0.1, -0.05) is 0 Å². The first-order valence-corrected chi connectivity index (χ1v) is 5.28. The lowest BCUT2D eigenvalue weighted by Crippen LogP contribution is -1.98. The van der Waals surface area contributed by atoms with Crippen molar-refractivity contribution in [1.29, 1.82) is 0 Å². The van der Waals surface area contributed by atoms with E-state index in [0.29, 0.717) is 12.0 Å². The molecule has 3 N–H and O–H groups in total. The van der Waals surface area contributed by atoms with E-state index in [1.807, 2.05) is 0 Å². The molecule has 0 spiro atoms. The van der Waals surface area contributed by atoms with Gasteiger partial charge in [-0.05, 0) is 18.2 Å². The van der Waals surface area contributed by atoms with Crippen molar-refractivity contribution >= 4 is 22.2 Å². The summed E-state index contributed by atoms with van der Waals surface area (Å²) in [5, 5.41) is 9.04. The Morgan fingerprint density at radius 1 is 1.31 bits per heavy atom. The predicted molar refractivity (Wildman–Crippen MR) is 46.4 cm³/mol. The van der Waals surface area contributed by atoms with Crippen molar-refractivity contribution in [2.45, 2.75) is 9.79 Å². The SMILES string of the molecule is O=S(=O)(O)c1cc(SO)ccc1O. The van der Waals surface area contributed by atoms with Gasteiger partial charge >= 0.3 is 0 Å². The van der Waals surface area contributed by atoms with Gasteiger partial charge in [0.25, 0.3) is 10.1 Å². The molecule has 13 heavy (non-hydrogen) atoms. The number of aromatic hydroxyl groups is 1. The average molecular weight is 222 g/mol. The van der Waals surface area contributed by atoms with Crippen LogP contribution in [0.5, 0.6) is 5.75 Å². The van der Waals surface area contributed by atoms with E-state index in [1.54, 1.807) is 0 Å². The number of benzene rings is 1. The molecule has 0 bridgehead atoms. The van der Waals surface area contributed by atoms with E-state index >= 15 is 0 Å². The van der Waals surface area contributed by atoms with Gasteiger partial charge in [-0.3, -0.25) is 4.55 Å². The summed E-state index contributed by atoms with van der Waals surface area (Å²) < 4.78 is 38.4. The van der Waals surface area contributed by atoms with Crippen LogP contribution in [0, 0.1) is 0 Å². The van der Waals surface area contributed by atoms with Crippen LogP contribution in [0.2, 0.25) is 0 Å². The molecule has 0 aliphatic rings. The van der Waals surface area contributed by atoms with Crippen molar-refractivity contribution in [3.8, 4) is 5.75 Å². The third-order valence-corrected chi connectivity index (χ3v) is 2.66. The highest BCUT2D eigenvalue weighted by molar-refractivity contribution is 7.93. The summed E-state index contributed by atoms with van der Waals surface area (Å²) in [6.45, 7) is 0. The van der Waals surface area contributed by atoms with Crippen LogP contribution in [0.4, 0.5) is 0 Å². The molecule has 1 aromatic rings. The standard InChI is InChI=1S/C6H6O5S2/c7-5-2-1-4(12-8)3-6(5)13(9,10)11/h1-3,7-8H,(H,9,10,11). The summed E-state index contributed by atoms with van der Waals surface area (Å²) >= 11 is 0.321. The molecule has 0 aliphatic carbocycles. The van der Waals surface area contributed by atoms with E-state index < -0.39 is 20.8 Å². The topological polar surface area (TPSA) is 94.8 Å². The highest BCUT2D eigenvalue weighted by Crippen LogP contribution is 2.26. The Morgan fingerprint density at radius 3 is 2.38 bits per heavy atom. The van der Waals surface area contributed by atoms with Crippen LogP contribution in [-0.4, -0.2) is 22.6 Å². The maximum Gasteiger partial charge on any atom is 0.298 e. The molecule has 1 rings (SSSR count). The summed E-state index contributed by atoms with van der Waals surface area (Å²) in [6.07, 6.45) is 0. The molecule has 0 aromatic heterocycles. The van der Waals surface area contributed by atoms with E-state index in [2.05, 4.69) is 0 Å². The number of phenolic OH excluding ortho intramolecular Hbond substituents is 1. The minimum Gasteiger partial charge on any atom is -0.506 e. The lowest BCUT2D eigenvalue weighted by Gasteiger charge is -2.01. The highest BCUT2D eigenvalue weighted by atomic mass is 32.2. The van der Waals surface area contributed by atoms with Gasteiger partial charge in [0, 0.05) is 16.9 Å². The fourth-order valence-corrected chi connectivity index (χ4v) is 1.74. The summed E-state index contributed by atoms with van der Waals surface area (Å²) in [5.74, 6) is -0.555. The van der Waals surface area contributed by atoms with Gasteiger partial charge < -0.3 is 9.66 Å². The van der Waals surface area contributed by atoms with Crippen molar-refractivity contribution < 1.29 is 22.6 Å². The van der Waals surface area contributed by atoms with Crippen LogP contribution < -0.4 is 0 Å². The molecule has 1 aromatic carbocycles. The first-order chi connectivity index (χ1) is 5.95. The number of hydrogen-bond donors (Lipinski definition) is 3. The molecule has 7 heteroatoms. The fraction of sp³-hybridized carbons (Fsp3) is 0. The van der Waals surface area contributed by atoms with Gasteiger partial charge in [0.2, 0.25) is 0 Å². The minimum absolute atomic E-state index is 0.213. The zero-order chi connectivity index (χ0) is 10.1. The van der Waals surface area contributed by atoms with Crippen LogP contribution in [0.15, 0.2) is 28.0 Å². The number of hydrogen-bond acceptors (Lipinski definition) is 5. The van der Waals surface area contributed by atoms with Gasteiger partial charge in [-0.25, -0.2) is 0 Å². The van der Waals surface area contributed by atoms with E-state index in [-0.39, 0.29) is 4.90 Å². The van der Waals surface area contributed by atoms with E-state index in [9.17, 15) is 8.42 Å². The molecule has 0 saturated heterocycles. The summed E-state index contributed by atoms with van der Waals surface area (Å²) in [6, 6.07) is 3.35. The normalized spacial score (nSPS) is 11.5. The van der Waals surface area contributed by atoms with E-state index in [1.165, 1.54) is 6.07 Å². The summed E-state index contributed by atoms with van der Waals surface area (Å²) in [4.78, 5) is -0.406. The zero-order valence-electron chi connectivity index (χ0n) is 6.21. The largest absolute Gasteiger partial charge is 0.506 e. The van der Waals surface area contributed by atoms with Gasteiger partial charge in [0.05, 0.1) is 0 Å². The Balaban J connectivity index is 3.36. The molecular weight excluding hydrogens is 216 g/mol. The van der Waals surface area contributed by atoms with Crippen molar-refractivity contribution in [1.82, 2.24) is 0 Å². The molecular formula is C6H6O5S2. The average Bonchev–Trinajstić information content (AvgIpc) is 2.03. The lowest BCUT2D eigenvalue weighted by molar-refractivity contribution is 0.442. The molecule has 0 atom stereocenters. The maximum atomic E-state index is 10.6. The maximum absolute atomic E-state index is 10.6. The number of rotatable bonds is 2. The molecule has 5 nitrogen and oxygen atoms in total. The predicted octanol–water partition coefficient (Wildman–Crippen LogP) is 1.20. The molecule has 0 unspecified atom stereocenters. The third-order valence-electron chi connectivity index (χ3n) is 1.31. The number of phenols is 1. The first kappa shape index (κ1) is 10.3. The molecule has 0 aliphatic heterocycles. The van der Waals surface area contributed by atoms with Gasteiger partial charge in [-0.2, -0.15) is 8.42 Å². The zero-order valence-corrected chi connectivity index (χ0v) is 7.84. The summed E-state index contributed by atoms with van der Waals surface area (Å²) in [5.41, 5.74) is 0. The van der Waals surface area contributed by atoms with Crippen molar-refractivity contribution in [2.24, 2.45) is 0 Å². The molecule has 72 valence electrons. The quantitative estimate of drug-likeness (QED) is 0.514. The van der Waals surface area contributed by atoms with Gasteiger partial charge in [0.15, 0.2) is 0 Å². The van der Waals surface area contributed by atoms with Crippen molar-refractivity contribution in [3.63, 3.8) is 0 Å². The minimum atomic E-state index is -4.44. The van der Waals surface area contributed by atoms with E-state index in [4.69, 9.17) is 14.2 Å². The Bertz CT molecular complexity index is 411. The van der Waals surface area contributed by atoms with Crippen LogP contribution in [0.1, 0.15) is 0 Å². The second-order valence-electron chi connectivity index (χ2n) is 2.20. The van der Waals surface area contributed by atoms with Gasteiger partial charge in [-0.15, -0.1) is 0 Å². The van der Waals surface area contributed by atoms with E-state index in [0.717, 1.165) is 12.1 Å². The molecule has 0 amide bonds. The molecule has 0 saturated carbocycles. The van der Waals surface area contributed by atoms with Gasteiger partial charge in [0.1, 0.15) is 10.6 Å². The van der Waals surface area contributed by atoms with Crippen LogP contribution >= 0.6 is 12.0 Å². The molecule has 0 radical (unpaired) electrons. The van der Waals surface area contributed by atoms with Crippen molar-refractivity contribution in [3.05, 3.63) is 18.2 Å². The monoisotopic (exact) mass is 222 g/mol. The fourth-order valence-electron chi connectivity index (χ4n) is 0.758. The lowest BCUT2D eigenvalue weighted by atomic mass is 10.3. The summed E-state index contributed by atoms with van der Waals surface area (Å²) in [7, 11) is -4.44. The molecule has 0 heterocycles.